The minimum Gasteiger partial charge on any atom is -0.483 e. The minimum atomic E-state index is 0.0225. The predicted octanol–water partition coefficient (Wildman–Crippen LogP) is 1.58. The first-order chi connectivity index (χ1) is 8.09. The quantitative estimate of drug-likeness (QED) is 0.805. The van der Waals surface area contributed by atoms with Gasteiger partial charge in [0, 0.05) is 24.3 Å². The lowest BCUT2D eigenvalue weighted by atomic mass is 10.2. The monoisotopic (exact) mass is 234 g/mol. The van der Waals surface area contributed by atoms with E-state index in [1.54, 1.807) is 4.90 Å². The molecule has 1 aliphatic carbocycles. The first kappa shape index (κ1) is 11.8. The number of nitrogens with two attached hydrogens (primary N) is 1. The Bertz CT molecular complexity index is 427. The van der Waals surface area contributed by atoms with Gasteiger partial charge in [-0.1, -0.05) is 6.07 Å². The molecule has 0 aromatic heterocycles. The van der Waals surface area contributed by atoms with E-state index >= 15 is 0 Å². The Hall–Kier alpha value is -1.71. The second kappa shape index (κ2) is 4.65. The number of carbonyl (C=O) groups is 1. The highest BCUT2D eigenvalue weighted by Gasteiger charge is 2.29. The van der Waals surface area contributed by atoms with Crippen LogP contribution in [-0.2, 0) is 4.79 Å². The Kier molecular flexibility index (Phi) is 3.22. The fourth-order valence-corrected chi connectivity index (χ4v) is 1.69. The van der Waals surface area contributed by atoms with Crippen LogP contribution in [0.25, 0.3) is 0 Å². The summed E-state index contributed by atoms with van der Waals surface area (Å²) < 4.78 is 5.51. The highest BCUT2D eigenvalue weighted by molar-refractivity contribution is 5.78. The van der Waals surface area contributed by atoms with Gasteiger partial charge in [-0.2, -0.15) is 0 Å². The number of anilines is 1. The van der Waals surface area contributed by atoms with Crippen LogP contribution >= 0.6 is 0 Å². The van der Waals surface area contributed by atoms with Gasteiger partial charge in [-0.15, -0.1) is 0 Å². The van der Waals surface area contributed by atoms with Crippen LogP contribution in [0.3, 0.4) is 0 Å². The molecule has 0 spiro atoms. The molecule has 1 aromatic carbocycles. The van der Waals surface area contributed by atoms with E-state index < -0.39 is 0 Å². The fraction of sp³-hybridized carbons (Fsp3) is 0.462. The number of hydrogen-bond donors (Lipinski definition) is 1. The van der Waals surface area contributed by atoms with E-state index in [2.05, 4.69) is 0 Å². The maximum Gasteiger partial charge on any atom is 0.260 e. The average Bonchev–Trinajstić information content (AvgIpc) is 3.13. The summed E-state index contributed by atoms with van der Waals surface area (Å²) in [6.45, 7) is 1.97. The lowest BCUT2D eigenvalue weighted by Gasteiger charge is -2.17. The third-order valence-corrected chi connectivity index (χ3v) is 3.17. The third-order valence-electron chi connectivity index (χ3n) is 3.17. The lowest BCUT2D eigenvalue weighted by molar-refractivity contribution is -0.132. The normalized spacial score (nSPS) is 14.5. The molecule has 1 aliphatic rings. The molecule has 1 saturated carbocycles. The molecule has 92 valence electrons. The number of likely N-dealkylation sites (N-methyl/N-ethyl adjacent to an activating group) is 1. The van der Waals surface area contributed by atoms with Crippen molar-refractivity contribution in [2.24, 2.45) is 0 Å². The van der Waals surface area contributed by atoms with E-state index in [0.717, 1.165) is 18.4 Å². The highest BCUT2D eigenvalue weighted by atomic mass is 16.5. The molecule has 0 unspecified atom stereocenters. The van der Waals surface area contributed by atoms with Crippen LogP contribution in [0.15, 0.2) is 18.2 Å². The molecule has 1 fully saturated rings. The number of nitrogen functional groups attached to an aromatic ring is 1. The Morgan fingerprint density at radius 2 is 2.24 bits per heavy atom. The van der Waals surface area contributed by atoms with Gasteiger partial charge in [-0.25, -0.2) is 0 Å². The van der Waals surface area contributed by atoms with E-state index in [1.165, 1.54) is 0 Å². The molecule has 2 N–H and O–H groups in total. The summed E-state index contributed by atoms with van der Waals surface area (Å²) in [6, 6.07) is 5.90. The third kappa shape index (κ3) is 2.70. The summed E-state index contributed by atoms with van der Waals surface area (Å²) in [4.78, 5) is 13.5. The lowest BCUT2D eigenvalue weighted by Crippen LogP contribution is -2.33. The number of benzene rings is 1. The summed E-state index contributed by atoms with van der Waals surface area (Å²) in [6.07, 6.45) is 2.22. The summed E-state index contributed by atoms with van der Waals surface area (Å²) in [7, 11) is 1.83. The van der Waals surface area contributed by atoms with Crippen molar-refractivity contribution in [3.05, 3.63) is 23.8 Å². The topological polar surface area (TPSA) is 55.6 Å². The van der Waals surface area contributed by atoms with Crippen molar-refractivity contribution in [1.82, 2.24) is 4.90 Å². The van der Waals surface area contributed by atoms with Crippen molar-refractivity contribution in [2.45, 2.75) is 25.8 Å². The van der Waals surface area contributed by atoms with E-state index in [9.17, 15) is 4.79 Å². The van der Waals surface area contributed by atoms with Crippen LogP contribution in [0, 0.1) is 6.92 Å². The van der Waals surface area contributed by atoms with Crippen LogP contribution in [0.4, 0.5) is 5.69 Å². The van der Waals surface area contributed by atoms with Gasteiger partial charge in [0.05, 0.1) is 0 Å². The Morgan fingerprint density at radius 3 is 2.88 bits per heavy atom. The Labute approximate surface area is 101 Å². The van der Waals surface area contributed by atoms with Gasteiger partial charge < -0.3 is 15.4 Å². The zero-order valence-electron chi connectivity index (χ0n) is 10.3. The SMILES string of the molecule is Cc1c(N)cccc1OCC(=O)N(C)C1CC1. The summed E-state index contributed by atoms with van der Waals surface area (Å²) in [5, 5.41) is 0. The molecule has 2 rings (SSSR count). The standard InChI is InChI=1S/C13H18N2O2/c1-9-11(14)4-3-5-12(9)17-8-13(16)15(2)10-6-7-10/h3-5,10H,6-8,14H2,1-2H3. The zero-order chi connectivity index (χ0) is 12.4. The number of nitrogens with zero attached hydrogens (tertiary/aromatic N) is 1. The average molecular weight is 234 g/mol. The molecular weight excluding hydrogens is 216 g/mol. The number of rotatable bonds is 4. The maximum atomic E-state index is 11.8. The second-order valence-electron chi connectivity index (χ2n) is 4.49. The molecule has 0 saturated heterocycles. The summed E-state index contributed by atoms with van der Waals surface area (Å²) in [5.74, 6) is 0.705. The highest BCUT2D eigenvalue weighted by Crippen LogP contribution is 2.26. The van der Waals surface area contributed by atoms with Crippen LogP contribution in [0.1, 0.15) is 18.4 Å². The first-order valence-corrected chi connectivity index (χ1v) is 5.83. The summed E-state index contributed by atoms with van der Waals surface area (Å²) >= 11 is 0. The minimum absolute atomic E-state index is 0.0225. The first-order valence-electron chi connectivity index (χ1n) is 5.83. The molecule has 0 atom stereocenters. The molecule has 4 heteroatoms. The smallest absolute Gasteiger partial charge is 0.260 e. The van der Waals surface area contributed by atoms with E-state index in [4.69, 9.17) is 10.5 Å². The van der Waals surface area contributed by atoms with Crippen LogP contribution in [-0.4, -0.2) is 30.5 Å². The second-order valence-corrected chi connectivity index (χ2v) is 4.49. The zero-order valence-corrected chi connectivity index (χ0v) is 10.3. The Balaban J connectivity index is 1.93. The van der Waals surface area contributed by atoms with Crippen LogP contribution in [0.5, 0.6) is 5.75 Å². The van der Waals surface area contributed by atoms with Gasteiger partial charge in [0.15, 0.2) is 6.61 Å². The molecule has 1 amide bonds. The van der Waals surface area contributed by atoms with Gasteiger partial charge in [-0.3, -0.25) is 4.79 Å². The number of amides is 1. The van der Waals surface area contributed by atoms with Crippen molar-refractivity contribution >= 4 is 11.6 Å². The van der Waals surface area contributed by atoms with E-state index in [0.29, 0.717) is 17.5 Å². The number of carbonyl (C=O) groups excluding carboxylic acids is 1. The molecule has 0 radical (unpaired) electrons. The van der Waals surface area contributed by atoms with Crippen LogP contribution in [0.2, 0.25) is 0 Å². The van der Waals surface area contributed by atoms with Gasteiger partial charge in [0.2, 0.25) is 0 Å². The van der Waals surface area contributed by atoms with Crippen molar-refractivity contribution in [1.29, 1.82) is 0 Å². The number of hydrogen-bond acceptors (Lipinski definition) is 3. The molecular formula is C13H18N2O2. The molecule has 0 bridgehead atoms. The van der Waals surface area contributed by atoms with Gasteiger partial charge >= 0.3 is 0 Å². The predicted molar refractivity (Wildman–Crippen MR) is 66.9 cm³/mol. The molecule has 0 heterocycles. The molecule has 4 nitrogen and oxygen atoms in total. The van der Waals surface area contributed by atoms with Crippen molar-refractivity contribution < 1.29 is 9.53 Å². The molecule has 17 heavy (non-hydrogen) atoms. The number of ether oxygens (including phenoxy) is 1. The van der Waals surface area contributed by atoms with Gasteiger partial charge in [0.25, 0.3) is 5.91 Å². The fourth-order valence-electron chi connectivity index (χ4n) is 1.69. The largest absolute Gasteiger partial charge is 0.483 e. The molecule has 0 aliphatic heterocycles. The van der Waals surface area contributed by atoms with Gasteiger partial charge in [-0.05, 0) is 31.9 Å². The van der Waals surface area contributed by atoms with Crippen LogP contribution < -0.4 is 10.5 Å². The van der Waals surface area contributed by atoms with Crippen molar-refractivity contribution in [3.63, 3.8) is 0 Å². The Morgan fingerprint density at radius 1 is 1.53 bits per heavy atom. The van der Waals surface area contributed by atoms with Crippen molar-refractivity contribution in [2.75, 3.05) is 19.4 Å². The van der Waals surface area contributed by atoms with E-state index in [1.807, 2.05) is 32.2 Å². The van der Waals surface area contributed by atoms with Gasteiger partial charge in [0.1, 0.15) is 5.75 Å². The summed E-state index contributed by atoms with van der Waals surface area (Å²) in [5.41, 5.74) is 7.34. The van der Waals surface area contributed by atoms with E-state index in [-0.39, 0.29) is 12.5 Å². The molecule has 1 aromatic rings. The van der Waals surface area contributed by atoms with Crippen molar-refractivity contribution in [3.8, 4) is 5.75 Å². The maximum absolute atomic E-state index is 11.8.